The molecular formula is C26H22N2. The summed E-state index contributed by atoms with van der Waals surface area (Å²) in [7, 11) is 0. The van der Waals surface area contributed by atoms with Crippen LogP contribution in [0.25, 0.3) is 34.3 Å². The normalized spacial score (nSPS) is 12.3. The van der Waals surface area contributed by atoms with E-state index in [2.05, 4.69) is 24.3 Å². The van der Waals surface area contributed by atoms with Gasteiger partial charge in [-0.05, 0) is 46.2 Å². The molecule has 28 heavy (non-hydrogen) atoms. The van der Waals surface area contributed by atoms with Crippen LogP contribution in [0, 0.1) is 0 Å². The Labute approximate surface area is 165 Å². The fourth-order valence-corrected chi connectivity index (χ4v) is 3.33. The molecule has 0 saturated carbocycles. The van der Waals surface area contributed by atoms with Crippen LogP contribution in [0.4, 0.5) is 0 Å². The summed E-state index contributed by atoms with van der Waals surface area (Å²) in [6.45, 7) is 0. The first-order chi connectivity index (χ1) is 13.7. The summed E-state index contributed by atoms with van der Waals surface area (Å²) in [5, 5.41) is 2.27. The van der Waals surface area contributed by atoms with Crippen LogP contribution in [0.2, 0.25) is 0 Å². The van der Waals surface area contributed by atoms with E-state index < -0.39 is 0 Å². The van der Waals surface area contributed by atoms with Crippen LogP contribution in [-0.4, -0.2) is 0 Å². The summed E-state index contributed by atoms with van der Waals surface area (Å²) in [4.78, 5) is 0. The largest absolute Gasteiger partial charge is 0.398 e. The third kappa shape index (κ3) is 3.81. The highest BCUT2D eigenvalue weighted by Crippen LogP contribution is 2.28. The van der Waals surface area contributed by atoms with Crippen LogP contribution >= 0.6 is 0 Å². The first-order valence-electron chi connectivity index (χ1n) is 9.29. The Balaban J connectivity index is 1.88. The molecule has 4 aromatic rings. The monoisotopic (exact) mass is 362 g/mol. The zero-order valence-corrected chi connectivity index (χ0v) is 15.5. The van der Waals surface area contributed by atoms with Gasteiger partial charge in [-0.2, -0.15) is 0 Å². The molecule has 0 fully saturated rings. The second-order valence-electron chi connectivity index (χ2n) is 6.77. The lowest BCUT2D eigenvalue weighted by atomic mass is 9.95. The van der Waals surface area contributed by atoms with Crippen LogP contribution in [0.5, 0.6) is 0 Å². The third-order valence-electron chi connectivity index (χ3n) is 4.75. The Morgan fingerprint density at radius 1 is 0.500 bits per heavy atom. The van der Waals surface area contributed by atoms with Gasteiger partial charge in [0.25, 0.3) is 0 Å². The maximum absolute atomic E-state index is 6.53. The second kappa shape index (κ2) is 7.85. The third-order valence-corrected chi connectivity index (χ3v) is 4.75. The van der Waals surface area contributed by atoms with E-state index >= 15 is 0 Å². The topological polar surface area (TPSA) is 52.0 Å². The van der Waals surface area contributed by atoms with Gasteiger partial charge < -0.3 is 11.5 Å². The van der Waals surface area contributed by atoms with Crippen molar-refractivity contribution in [3.05, 3.63) is 119 Å². The fraction of sp³-hybridized carbons (Fsp3) is 0. The standard InChI is InChI=1S/C26H22N2/c27-25(15-19-9-3-1-4-10-19)23-17-21-13-7-8-14-22(21)18-24(23)26(28)16-20-11-5-2-6-12-20/h1-18H,27-28H2. The highest BCUT2D eigenvalue weighted by molar-refractivity contribution is 5.96. The lowest BCUT2D eigenvalue weighted by molar-refractivity contribution is 1.47. The minimum Gasteiger partial charge on any atom is -0.398 e. The molecule has 4 aromatic carbocycles. The highest BCUT2D eigenvalue weighted by Gasteiger charge is 2.10. The molecule has 2 heteroatoms. The maximum Gasteiger partial charge on any atom is 0.0400 e. The van der Waals surface area contributed by atoms with E-state index in [1.807, 2.05) is 84.9 Å². The summed E-state index contributed by atoms with van der Waals surface area (Å²) >= 11 is 0. The second-order valence-corrected chi connectivity index (χ2v) is 6.77. The van der Waals surface area contributed by atoms with Gasteiger partial charge in [-0.25, -0.2) is 0 Å². The smallest absolute Gasteiger partial charge is 0.0400 e. The summed E-state index contributed by atoms with van der Waals surface area (Å²) in [6.07, 6.45) is 3.98. The molecule has 0 amide bonds. The highest BCUT2D eigenvalue weighted by atomic mass is 14.6. The van der Waals surface area contributed by atoms with E-state index in [0.29, 0.717) is 11.4 Å². The zero-order chi connectivity index (χ0) is 19.3. The van der Waals surface area contributed by atoms with Crippen LogP contribution in [0.15, 0.2) is 97.1 Å². The van der Waals surface area contributed by atoms with E-state index in [0.717, 1.165) is 33.0 Å². The van der Waals surface area contributed by atoms with Crippen molar-refractivity contribution >= 4 is 34.3 Å². The molecule has 0 unspecified atom stereocenters. The number of nitrogens with two attached hydrogens (primary N) is 2. The molecular weight excluding hydrogens is 340 g/mol. The Morgan fingerprint density at radius 3 is 1.25 bits per heavy atom. The predicted octanol–water partition coefficient (Wildman–Crippen LogP) is 5.75. The molecule has 0 aliphatic rings. The molecule has 0 aliphatic heterocycles. The Morgan fingerprint density at radius 2 is 0.857 bits per heavy atom. The molecule has 0 saturated heterocycles. The summed E-state index contributed by atoms with van der Waals surface area (Å²) < 4.78 is 0. The number of rotatable bonds is 4. The van der Waals surface area contributed by atoms with Gasteiger partial charge in [0.15, 0.2) is 0 Å². The van der Waals surface area contributed by atoms with Gasteiger partial charge in [-0.1, -0.05) is 84.9 Å². The fourth-order valence-electron chi connectivity index (χ4n) is 3.33. The quantitative estimate of drug-likeness (QED) is 0.454. The van der Waals surface area contributed by atoms with Crippen molar-refractivity contribution in [2.24, 2.45) is 11.5 Å². The SMILES string of the molecule is NC(=Cc1ccccc1)c1cc2ccccc2cc1C(N)=Cc1ccccc1. The van der Waals surface area contributed by atoms with E-state index in [-0.39, 0.29) is 0 Å². The lowest BCUT2D eigenvalue weighted by Crippen LogP contribution is -2.05. The maximum atomic E-state index is 6.53. The van der Waals surface area contributed by atoms with Crippen molar-refractivity contribution in [2.75, 3.05) is 0 Å². The number of benzene rings is 4. The van der Waals surface area contributed by atoms with Gasteiger partial charge in [0, 0.05) is 22.5 Å². The molecule has 0 atom stereocenters. The Bertz CT molecular complexity index is 1060. The van der Waals surface area contributed by atoms with Gasteiger partial charge >= 0.3 is 0 Å². The molecule has 0 radical (unpaired) electrons. The summed E-state index contributed by atoms with van der Waals surface area (Å²) in [5.74, 6) is 0. The van der Waals surface area contributed by atoms with Gasteiger partial charge in [-0.3, -0.25) is 0 Å². The molecule has 0 aliphatic carbocycles. The molecule has 4 rings (SSSR count). The van der Waals surface area contributed by atoms with Crippen LogP contribution in [0.3, 0.4) is 0 Å². The lowest BCUT2D eigenvalue weighted by Gasteiger charge is -2.13. The number of hydrogen-bond donors (Lipinski definition) is 2. The van der Waals surface area contributed by atoms with Crippen LogP contribution in [0.1, 0.15) is 22.3 Å². The average molecular weight is 362 g/mol. The minimum atomic E-state index is 0.691. The summed E-state index contributed by atoms with van der Waals surface area (Å²) in [5.41, 5.74) is 18.4. The molecule has 2 nitrogen and oxygen atoms in total. The van der Waals surface area contributed by atoms with Crippen molar-refractivity contribution in [1.29, 1.82) is 0 Å². The van der Waals surface area contributed by atoms with E-state index in [1.54, 1.807) is 0 Å². The Hall–Kier alpha value is -3.78. The van der Waals surface area contributed by atoms with Crippen molar-refractivity contribution in [1.82, 2.24) is 0 Å². The molecule has 136 valence electrons. The van der Waals surface area contributed by atoms with Crippen molar-refractivity contribution in [2.45, 2.75) is 0 Å². The van der Waals surface area contributed by atoms with Crippen LogP contribution in [-0.2, 0) is 0 Å². The van der Waals surface area contributed by atoms with E-state index in [4.69, 9.17) is 11.5 Å². The number of fused-ring (bicyclic) bond motifs is 1. The zero-order valence-electron chi connectivity index (χ0n) is 15.5. The first kappa shape index (κ1) is 17.6. The van der Waals surface area contributed by atoms with Gasteiger partial charge in [0.2, 0.25) is 0 Å². The summed E-state index contributed by atoms with van der Waals surface area (Å²) in [6, 6.07) is 32.6. The van der Waals surface area contributed by atoms with Gasteiger partial charge in [-0.15, -0.1) is 0 Å². The first-order valence-corrected chi connectivity index (χ1v) is 9.29. The molecule has 4 N–H and O–H groups in total. The average Bonchev–Trinajstić information content (AvgIpc) is 2.74. The van der Waals surface area contributed by atoms with Crippen LogP contribution < -0.4 is 11.5 Å². The molecule has 0 heterocycles. The number of hydrogen-bond acceptors (Lipinski definition) is 2. The van der Waals surface area contributed by atoms with E-state index in [1.165, 1.54) is 0 Å². The molecule has 0 aromatic heterocycles. The van der Waals surface area contributed by atoms with Crippen molar-refractivity contribution in [3.63, 3.8) is 0 Å². The van der Waals surface area contributed by atoms with E-state index in [9.17, 15) is 0 Å². The van der Waals surface area contributed by atoms with Gasteiger partial charge in [0.05, 0.1) is 0 Å². The Kier molecular flexibility index (Phi) is 4.94. The molecule has 0 spiro atoms. The van der Waals surface area contributed by atoms with Crippen molar-refractivity contribution in [3.8, 4) is 0 Å². The van der Waals surface area contributed by atoms with Crippen molar-refractivity contribution < 1.29 is 0 Å². The predicted molar refractivity (Wildman–Crippen MR) is 121 cm³/mol. The molecule has 0 bridgehead atoms. The van der Waals surface area contributed by atoms with Gasteiger partial charge in [0.1, 0.15) is 0 Å². The minimum absolute atomic E-state index is 0.691.